The zero-order valence-corrected chi connectivity index (χ0v) is 13.3. The molecule has 1 saturated heterocycles. The van der Waals surface area contributed by atoms with Crippen LogP contribution in [-0.4, -0.2) is 44.4 Å². The van der Waals surface area contributed by atoms with Gasteiger partial charge in [0.2, 0.25) is 0 Å². The van der Waals surface area contributed by atoms with Gasteiger partial charge in [0.05, 0.1) is 12.5 Å². The van der Waals surface area contributed by atoms with Crippen LogP contribution in [0.25, 0.3) is 0 Å². The first-order valence-electron chi connectivity index (χ1n) is 7.61. The van der Waals surface area contributed by atoms with Crippen molar-refractivity contribution in [3.05, 3.63) is 40.7 Å². The Morgan fingerprint density at radius 2 is 2.00 bits per heavy atom. The molecule has 0 aromatic carbocycles. The third-order valence-corrected chi connectivity index (χ3v) is 4.15. The summed E-state index contributed by atoms with van der Waals surface area (Å²) in [6.07, 6.45) is 4.87. The lowest BCUT2D eigenvalue weighted by atomic mass is 10.0. The monoisotopic (exact) mass is 316 g/mol. The molecule has 1 aliphatic heterocycles. The molecule has 0 radical (unpaired) electrons. The van der Waals surface area contributed by atoms with Gasteiger partial charge in [-0.15, -0.1) is 0 Å². The maximum absolute atomic E-state index is 12.2. The Bertz CT molecular complexity index is 757. The molecule has 8 nitrogen and oxygen atoms in total. The van der Waals surface area contributed by atoms with Crippen molar-refractivity contribution in [1.29, 1.82) is 0 Å². The summed E-state index contributed by atoms with van der Waals surface area (Å²) in [5.74, 6) is 0.701. The number of rotatable bonds is 3. The van der Waals surface area contributed by atoms with Crippen molar-refractivity contribution in [3.8, 4) is 0 Å². The standard InChI is InChI=1S/C15H20N6O2/c1-19-10-16-9-12(19)15(23)17-11-5-7-21(8-6-11)13-3-4-14(22)20(2)18-13/h3-4,9-11H,5-8H2,1-2H3,(H,17,23). The van der Waals surface area contributed by atoms with E-state index < -0.39 is 0 Å². The molecule has 0 unspecified atom stereocenters. The van der Waals surface area contributed by atoms with Crippen LogP contribution in [0, 0.1) is 0 Å². The molecule has 122 valence electrons. The van der Waals surface area contributed by atoms with E-state index in [1.807, 2.05) is 0 Å². The molecule has 3 rings (SSSR count). The summed E-state index contributed by atoms with van der Waals surface area (Å²) in [6.45, 7) is 1.59. The highest BCUT2D eigenvalue weighted by atomic mass is 16.2. The number of aryl methyl sites for hydroxylation is 2. The van der Waals surface area contributed by atoms with Gasteiger partial charge in [-0.2, -0.15) is 5.10 Å². The zero-order valence-electron chi connectivity index (χ0n) is 13.3. The summed E-state index contributed by atoms with van der Waals surface area (Å²) in [6, 6.07) is 3.41. The number of nitrogens with zero attached hydrogens (tertiary/aromatic N) is 5. The molecule has 0 saturated carbocycles. The quantitative estimate of drug-likeness (QED) is 0.855. The Hall–Kier alpha value is -2.64. The normalized spacial score (nSPS) is 15.7. The molecule has 2 aromatic heterocycles. The Morgan fingerprint density at radius 1 is 1.26 bits per heavy atom. The van der Waals surface area contributed by atoms with Gasteiger partial charge >= 0.3 is 0 Å². The lowest BCUT2D eigenvalue weighted by molar-refractivity contribution is 0.0923. The molecule has 3 heterocycles. The molecule has 0 bridgehead atoms. The second-order valence-electron chi connectivity index (χ2n) is 5.78. The first-order chi connectivity index (χ1) is 11.0. The third-order valence-electron chi connectivity index (χ3n) is 4.15. The van der Waals surface area contributed by atoms with Crippen LogP contribution in [0.4, 0.5) is 5.82 Å². The van der Waals surface area contributed by atoms with E-state index in [9.17, 15) is 9.59 Å². The highest BCUT2D eigenvalue weighted by Crippen LogP contribution is 2.17. The third kappa shape index (κ3) is 3.25. The predicted molar refractivity (Wildman–Crippen MR) is 85.4 cm³/mol. The van der Waals surface area contributed by atoms with E-state index in [1.54, 1.807) is 37.3 Å². The second kappa shape index (κ2) is 6.23. The van der Waals surface area contributed by atoms with E-state index in [1.165, 1.54) is 10.7 Å². The SMILES string of the molecule is Cn1cncc1C(=O)NC1CCN(c2ccc(=O)n(C)n2)CC1. The van der Waals surface area contributed by atoms with E-state index in [4.69, 9.17) is 0 Å². The maximum atomic E-state index is 12.2. The van der Waals surface area contributed by atoms with Gasteiger partial charge < -0.3 is 14.8 Å². The van der Waals surface area contributed by atoms with Crippen molar-refractivity contribution < 1.29 is 4.79 Å². The Kier molecular flexibility index (Phi) is 4.14. The molecule has 0 atom stereocenters. The fourth-order valence-electron chi connectivity index (χ4n) is 2.75. The van der Waals surface area contributed by atoms with Crippen molar-refractivity contribution >= 4 is 11.7 Å². The number of nitrogens with one attached hydrogen (secondary N) is 1. The van der Waals surface area contributed by atoms with Crippen molar-refractivity contribution in [1.82, 2.24) is 24.6 Å². The molecular weight excluding hydrogens is 296 g/mol. The Labute approximate surface area is 133 Å². The van der Waals surface area contributed by atoms with Crippen LogP contribution in [0.3, 0.4) is 0 Å². The van der Waals surface area contributed by atoms with Gasteiger partial charge in [0.25, 0.3) is 11.5 Å². The average molecular weight is 316 g/mol. The van der Waals surface area contributed by atoms with Gasteiger partial charge in [0.1, 0.15) is 11.5 Å². The number of hydrogen-bond donors (Lipinski definition) is 1. The smallest absolute Gasteiger partial charge is 0.269 e. The minimum absolute atomic E-state index is 0.0938. The molecule has 1 N–H and O–H groups in total. The fraction of sp³-hybridized carbons (Fsp3) is 0.467. The van der Waals surface area contributed by atoms with Crippen LogP contribution in [0.15, 0.2) is 29.5 Å². The minimum atomic E-state index is -0.118. The molecule has 8 heteroatoms. The number of imidazole rings is 1. The van der Waals surface area contributed by atoms with Crippen molar-refractivity contribution in [3.63, 3.8) is 0 Å². The van der Waals surface area contributed by atoms with Crippen LogP contribution >= 0.6 is 0 Å². The van der Waals surface area contributed by atoms with Crippen LogP contribution in [-0.2, 0) is 14.1 Å². The maximum Gasteiger partial charge on any atom is 0.269 e. The summed E-state index contributed by atoms with van der Waals surface area (Å²) >= 11 is 0. The first kappa shape index (κ1) is 15.3. The van der Waals surface area contributed by atoms with E-state index in [2.05, 4.69) is 20.3 Å². The van der Waals surface area contributed by atoms with E-state index in [-0.39, 0.29) is 17.5 Å². The average Bonchev–Trinajstić information content (AvgIpc) is 2.97. The highest BCUT2D eigenvalue weighted by Gasteiger charge is 2.23. The minimum Gasteiger partial charge on any atom is -0.355 e. The molecule has 1 amide bonds. The molecule has 2 aromatic rings. The molecular formula is C15H20N6O2. The lowest BCUT2D eigenvalue weighted by Crippen LogP contribution is -2.45. The summed E-state index contributed by atoms with van der Waals surface area (Å²) in [5, 5.41) is 7.32. The van der Waals surface area contributed by atoms with Crippen molar-refractivity contribution in [2.45, 2.75) is 18.9 Å². The fourth-order valence-corrected chi connectivity index (χ4v) is 2.75. The van der Waals surface area contributed by atoms with Crippen molar-refractivity contribution in [2.75, 3.05) is 18.0 Å². The predicted octanol–water partition coefficient (Wildman–Crippen LogP) is -0.0874. The topological polar surface area (TPSA) is 85.0 Å². The Morgan fingerprint density at radius 3 is 2.61 bits per heavy atom. The van der Waals surface area contributed by atoms with Gasteiger partial charge in [-0.05, 0) is 18.9 Å². The lowest BCUT2D eigenvalue weighted by Gasteiger charge is -2.33. The van der Waals surface area contributed by atoms with Crippen molar-refractivity contribution in [2.24, 2.45) is 14.1 Å². The van der Waals surface area contributed by atoms with Crippen LogP contribution in [0.5, 0.6) is 0 Å². The van der Waals surface area contributed by atoms with Gasteiger partial charge in [0.15, 0.2) is 0 Å². The van der Waals surface area contributed by atoms with Gasteiger partial charge in [-0.3, -0.25) is 9.59 Å². The largest absolute Gasteiger partial charge is 0.355 e. The number of amides is 1. The van der Waals surface area contributed by atoms with Gasteiger partial charge in [-0.1, -0.05) is 0 Å². The number of anilines is 1. The summed E-state index contributed by atoms with van der Waals surface area (Å²) in [5.41, 5.74) is 0.444. The second-order valence-corrected chi connectivity index (χ2v) is 5.78. The number of piperidine rings is 1. The van der Waals surface area contributed by atoms with E-state index in [0.29, 0.717) is 5.69 Å². The number of carbonyl (C=O) groups excluding carboxylic acids is 1. The summed E-state index contributed by atoms with van der Waals surface area (Å²) in [4.78, 5) is 29.7. The molecule has 1 aliphatic rings. The van der Waals surface area contributed by atoms with Gasteiger partial charge in [0, 0.05) is 39.3 Å². The van der Waals surface area contributed by atoms with Crippen LogP contribution in [0.1, 0.15) is 23.3 Å². The zero-order chi connectivity index (χ0) is 16.4. The van der Waals surface area contributed by atoms with E-state index in [0.717, 1.165) is 31.7 Å². The molecule has 23 heavy (non-hydrogen) atoms. The number of carbonyl (C=O) groups is 1. The highest BCUT2D eigenvalue weighted by molar-refractivity contribution is 5.92. The van der Waals surface area contributed by atoms with Gasteiger partial charge in [-0.25, -0.2) is 9.67 Å². The molecule has 0 aliphatic carbocycles. The molecule has 0 spiro atoms. The molecule has 1 fully saturated rings. The first-order valence-corrected chi connectivity index (χ1v) is 7.61. The summed E-state index contributed by atoms with van der Waals surface area (Å²) < 4.78 is 3.05. The van der Waals surface area contributed by atoms with Crippen LogP contribution in [0.2, 0.25) is 0 Å². The Balaban J connectivity index is 1.58. The van der Waals surface area contributed by atoms with E-state index >= 15 is 0 Å². The van der Waals surface area contributed by atoms with Crippen LogP contribution < -0.4 is 15.8 Å². The number of hydrogen-bond acceptors (Lipinski definition) is 5. The summed E-state index contributed by atoms with van der Waals surface area (Å²) in [7, 11) is 3.45. The number of aromatic nitrogens is 4.